The highest BCUT2D eigenvalue weighted by atomic mass is 19.1. The van der Waals surface area contributed by atoms with Crippen LogP contribution in [0.15, 0.2) is 46.1 Å². The lowest BCUT2D eigenvalue weighted by Crippen LogP contribution is -2.38. The van der Waals surface area contributed by atoms with Crippen LogP contribution in [0.2, 0.25) is 0 Å². The van der Waals surface area contributed by atoms with Crippen LogP contribution in [0.1, 0.15) is 58.1 Å². The van der Waals surface area contributed by atoms with Gasteiger partial charge in [-0.2, -0.15) is 9.65 Å². The highest BCUT2D eigenvalue weighted by molar-refractivity contribution is 6.09. The highest BCUT2D eigenvalue weighted by Gasteiger charge is 2.25. The molecule has 8 heteroatoms. The highest BCUT2D eigenvalue weighted by Crippen LogP contribution is 2.20. The summed E-state index contributed by atoms with van der Waals surface area (Å²) in [4.78, 5) is 44.4. The smallest absolute Gasteiger partial charge is 0.287 e. The fraction of sp³-hybridized carbons (Fsp3) is 0.227. The molecule has 30 heavy (non-hydrogen) atoms. The number of carbonyl (C=O) groups excluding carboxylic acids is 1. The molecule has 0 aliphatic carbocycles. The quantitative estimate of drug-likeness (QED) is 0.518. The molecule has 0 fully saturated rings. The predicted molar refractivity (Wildman–Crippen MR) is 108 cm³/mol. The first-order valence-electron chi connectivity index (χ1n) is 9.25. The molecule has 1 aromatic carbocycles. The molecule has 0 unspecified atom stereocenters. The van der Waals surface area contributed by atoms with Gasteiger partial charge in [-0.3, -0.25) is 19.1 Å². The van der Waals surface area contributed by atoms with Crippen LogP contribution in [-0.2, 0) is 6.54 Å². The van der Waals surface area contributed by atoms with Gasteiger partial charge in [-0.05, 0) is 54.3 Å². The maximum Gasteiger partial charge on any atom is 0.329 e. The van der Waals surface area contributed by atoms with Gasteiger partial charge in [0.1, 0.15) is 5.69 Å². The summed E-state index contributed by atoms with van der Waals surface area (Å²) in [5, 5.41) is 9.23. The van der Waals surface area contributed by atoms with Gasteiger partial charge in [0.05, 0.1) is 18.2 Å². The van der Waals surface area contributed by atoms with Crippen LogP contribution in [0, 0.1) is 24.2 Å². The molecule has 0 bridgehead atoms. The molecule has 3 aromatic rings. The number of rotatable bonds is 5. The van der Waals surface area contributed by atoms with E-state index in [1.54, 1.807) is 32.9 Å². The molecule has 0 amide bonds. The van der Waals surface area contributed by atoms with E-state index in [1.165, 1.54) is 18.3 Å². The topological polar surface area (TPSA) is 109 Å². The van der Waals surface area contributed by atoms with E-state index >= 15 is 0 Å². The lowest BCUT2D eigenvalue weighted by molar-refractivity contribution is 0.102. The van der Waals surface area contributed by atoms with Crippen LogP contribution in [0.25, 0.3) is 0 Å². The van der Waals surface area contributed by atoms with Gasteiger partial charge in [0.2, 0.25) is 11.7 Å². The maximum atomic E-state index is 13.5. The van der Waals surface area contributed by atoms with Crippen molar-refractivity contribution in [3.05, 3.63) is 96.8 Å². The summed E-state index contributed by atoms with van der Waals surface area (Å²) in [5.74, 6) is -1.65. The Morgan fingerprint density at radius 1 is 1.27 bits per heavy atom. The molecule has 2 aromatic heterocycles. The van der Waals surface area contributed by atoms with Crippen molar-refractivity contribution in [1.29, 1.82) is 5.26 Å². The summed E-state index contributed by atoms with van der Waals surface area (Å²) in [5.41, 5.74) is 0.217. The van der Waals surface area contributed by atoms with E-state index in [1.807, 2.05) is 6.07 Å². The Kier molecular flexibility index (Phi) is 5.74. The van der Waals surface area contributed by atoms with Crippen LogP contribution in [0.3, 0.4) is 0 Å². The molecule has 0 spiro atoms. The number of carbonyl (C=O) groups is 1. The molecular formula is C22H19FN4O3. The summed E-state index contributed by atoms with van der Waals surface area (Å²) in [6.45, 7) is 5.08. The maximum absolute atomic E-state index is 13.5. The number of aryl methyl sites for hydroxylation is 1. The summed E-state index contributed by atoms with van der Waals surface area (Å²) in [7, 11) is 0. The van der Waals surface area contributed by atoms with Gasteiger partial charge < -0.3 is 0 Å². The van der Waals surface area contributed by atoms with E-state index in [4.69, 9.17) is 0 Å². The predicted octanol–water partition coefficient (Wildman–Crippen LogP) is 2.65. The number of nitriles is 1. The molecule has 3 rings (SSSR count). The third-order valence-corrected chi connectivity index (χ3v) is 4.63. The Hall–Kier alpha value is -3.86. The second-order valence-electron chi connectivity index (χ2n) is 7.28. The number of hydrogen-bond acceptors (Lipinski definition) is 5. The summed E-state index contributed by atoms with van der Waals surface area (Å²) in [6.07, 6.45) is 1.26. The first-order valence-corrected chi connectivity index (χ1v) is 9.25. The van der Waals surface area contributed by atoms with Gasteiger partial charge in [0, 0.05) is 17.3 Å². The lowest BCUT2D eigenvalue weighted by atomic mass is 9.95. The second-order valence-corrected chi connectivity index (χ2v) is 7.28. The van der Waals surface area contributed by atoms with E-state index in [0.29, 0.717) is 16.7 Å². The molecule has 0 atom stereocenters. The monoisotopic (exact) mass is 406 g/mol. The Bertz CT molecular complexity index is 1300. The number of H-pyrrole nitrogens is 1. The minimum Gasteiger partial charge on any atom is -0.287 e. The van der Waals surface area contributed by atoms with Crippen LogP contribution in [-0.4, -0.2) is 20.3 Å². The molecule has 0 radical (unpaired) electrons. The lowest BCUT2D eigenvalue weighted by Gasteiger charge is -2.17. The van der Waals surface area contributed by atoms with Gasteiger partial charge in [-0.25, -0.2) is 9.78 Å². The Labute approximate surface area is 171 Å². The molecule has 1 N–H and O–H groups in total. The molecule has 0 saturated heterocycles. The van der Waals surface area contributed by atoms with E-state index in [9.17, 15) is 24.0 Å². The summed E-state index contributed by atoms with van der Waals surface area (Å²) in [6, 6.07) is 9.31. The number of aromatic amines is 1. The largest absolute Gasteiger partial charge is 0.329 e. The molecule has 2 heterocycles. The van der Waals surface area contributed by atoms with Gasteiger partial charge >= 0.3 is 5.69 Å². The first-order chi connectivity index (χ1) is 14.2. The summed E-state index contributed by atoms with van der Waals surface area (Å²) < 4.78 is 14.7. The van der Waals surface area contributed by atoms with Crippen molar-refractivity contribution in [3.8, 4) is 6.07 Å². The van der Waals surface area contributed by atoms with Crippen molar-refractivity contribution in [3.63, 3.8) is 0 Å². The van der Waals surface area contributed by atoms with Crippen LogP contribution in [0.4, 0.5) is 4.39 Å². The minimum absolute atomic E-state index is 0.0783. The van der Waals surface area contributed by atoms with Crippen molar-refractivity contribution in [1.82, 2.24) is 14.5 Å². The van der Waals surface area contributed by atoms with Crippen LogP contribution < -0.4 is 11.2 Å². The number of ketones is 1. The van der Waals surface area contributed by atoms with Gasteiger partial charge in [-0.1, -0.05) is 13.8 Å². The van der Waals surface area contributed by atoms with Crippen molar-refractivity contribution in [2.45, 2.75) is 33.2 Å². The average Bonchev–Trinajstić information content (AvgIpc) is 2.68. The van der Waals surface area contributed by atoms with E-state index < -0.39 is 23.0 Å². The molecule has 152 valence electrons. The van der Waals surface area contributed by atoms with E-state index in [-0.39, 0.29) is 29.3 Å². The third kappa shape index (κ3) is 4.10. The Balaban J connectivity index is 2.29. The van der Waals surface area contributed by atoms with Gasteiger partial charge in [0.15, 0.2) is 0 Å². The number of halogens is 1. The van der Waals surface area contributed by atoms with E-state index in [2.05, 4.69) is 9.97 Å². The van der Waals surface area contributed by atoms with Gasteiger partial charge in [-0.15, -0.1) is 0 Å². The zero-order valence-electron chi connectivity index (χ0n) is 16.7. The number of benzene rings is 1. The molecule has 0 aliphatic heterocycles. The third-order valence-electron chi connectivity index (χ3n) is 4.63. The first kappa shape index (κ1) is 20.9. The number of aromatic nitrogens is 3. The molecule has 7 nitrogen and oxygen atoms in total. The fourth-order valence-electron chi connectivity index (χ4n) is 3.36. The molecule has 0 aliphatic rings. The number of nitrogens with one attached hydrogen (secondary N) is 1. The zero-order valence-corrected chi connectivity index (χ0v) is 16.7. The SMILES string of the molecule is Cc1cc(C#N)cc(C(=O)c2c(C(C)C)c(=O)[nH]c(=O)n2Cc2ccnc(F)c2)c1. The van der Waals surface area contributed by atoms with Crippen LogP contribution >= 0.6 is 0 Å². The average molecular weight is 406 g/mol. The van der Waals surface area contributed by atoms with Crippen molar-refractivity contribution >= 4 is 5.78 Å². The minimum atomic E-state index is -0.780. The second kappa shape index (κ2) is 8.25. The Morgan fingerprint density at radius 2 is 2.00 bits per heavy atom. The van der Waals surface area contributed by atoms with Crippen molar-refractivity contribution < 1.29 is 9.18 Å². The normalized spacial score (nSPS) is 10.8. The van der Waals surface area contributed by atoms with Gasteiger partial charge in [0.25, 0.3) is 5.56 Å². The number of pyridine rings is 1. The standard InChI is InChI=1S/C22H19FN4O3/c1-12(2)18-19(20(28)16-7-13(3)6-15(8-16)10-24)27(22(30)26-21(18)29)11-14-4-5-25-17(23)9-14/h4-9,12H,11H2,1-3H3,(H,26,29,30). The number of hydrogen-bond donors (Lipinski definition) is 1. The van der Waals surface area contributed by atoms with Crippen molar-refractivity contribution in [2.75, 3.05) is 0 Å². The summed E-state index contributed by atoms with van der Waals surface area (Å²) >= 11 is 0. The molecule has 0 saturated carbocycles. The molecular weight excluding hydrogens is 387 g/mol. The fourth-order valence-corrected chi connectivity index (χ4v) is 3.36. The van der Waals surface area contributed by atoms with E-state index in [0.717, 1.165) is 10.6 Å². The Morgan fingerprint density at radius 3 is 2.63 bits per heavy atom. The number of nitrogens with zero attached hydrogens (tertiary/aromatic N) is 3. The van der Waals surface area contributed by atoms with Crippen LogP contribution in [0.5, 0.6) is 0 Å². The van der Waals surface area contributed by atoms with Crippen molar-refractivity contribution in [2.24, 2.45) is 0 Å². The zero-order chi connectivity index (χ0) is 22.0.